The van der Waals surface area contributed by atoms with Crippen LogP contribution in [-0.2, 0) is 12.8 Å². The summed E-state index contributed by atoms with van der Waals surface area (Å²) in [6, 6.07) is 0. The smallest absolute Gasteiger partial charge is 0.0931 e. The Labute approximate surface area is 122 Å². The first-order valence-electron chi connectivity index (χ1n) is 7.89. The van der Waals surface area contributed by atoms with Gasteiger partial charge in [-0.1, -0.05) is 27.2 Å². The largest absolute Gasteiger partial charge is 0.316 e. The second-order valence-electron chi connectivity index (χ2n) is 6.16. The Bertz CT molecular complexity index is 384. The molecule has 1 unspecified atom stereocenters. The molecule has 1 N–H and O–H groups in total. The number of hydrogen-bond donors (Lipinski definition) is 1. The fourth-order valence-corrected chi connectivity index (χ4v) is 3.98. The first-order valence-corrected chi connectivity index (χ1v) is 8.71. The number of fused-ring (bicyclic) bond motifs is 1. The molecule has 2 nitrogen and oxygen atoms in total. The van der Waals surface area contributed by atoms with Crippen molar-refractivity contribution in [2.75, 3.05) is 13.1 Å². The molecule has 0 fully saturated rings. The molecular weight excluding hydrogens is 252 g/mol. The zero-order valence-electron chi connectivity index (χ0n) is 12.7. The molecule has 0 radical (unpaired) electrons. The van der Waals surface area contributed by atoms with Gasteiger partial charge in [-0.05, 0) is 44.6 Å². The van der Waals surface area contributed by atoms with Crippen LogP contribution in [0, 0.1) is 5.92 Å². The minimum Gasteiger partial charge on any atom is -0.316 e. The van der Waals surface area contributed by atoms with Crippen molar-refractivity contribution in [2.24, 2.45) is 5.92 Å². The van der Waals surface area contributed by atoms with Gasteiger partial charge in [0.2, 0.25) is 0 Å². The van der Waals surface area contributed by atoms with Gasteiger partial charge >= 0.3 is 0 Å². The lowest BCUT2D eigenvalue weighted by Crippen LogP contribution is -2.27. The number of hydrogen-bond acceptors (Lipinski definition) is 3. The third-order valence-electron chi connectivity index (χ3n) is 3.80. The van der Waals surface area contributed by atoms with Gasteiger partial charge in [-0.25, -0.2) is 4.98 Å². The number of aryl methyl sites for hydroxylation is 2. The Kier molecular flexibility index (Phi) is 5.83. The number of nitrogens with zero attached hydrogens (tertiary/aromatic N) is 1. The van der Waals surface area contributed by atoms with Crippen molar-refractivity contribution in [3.05, 3.63) is 15.6 Å². The molecule has 3 heteroatoms. The summed E-state index contributed by atoms with van der Waals surface area (Å²) in [4.78, 5) is 6.52. The second-order valence-corrected chi connectivity index (χ2v) is 7.33. The molecule has 0 saturated heterocycles. The highest BCUT2D eigenvalue weighted by Gasteiger charge is 2.24. The first-order chi connectivity index (χ1) is 9.20. The molecule has 0 saturated carbocycles. The lowest BCUT2D eigenvalue weighted by molar-refractivity contribution is 0.472. The summed E-state index contributed by atoms with van der Waals surface area (Å²) in [6.07, 6.45) is 7.65. The third kappa shape index (κ3) is 4.28. The highest BCUT2D eigenvalue weighted by Crippen LogP contribution is 2.34. The summed E-state index contributed by atoms with van der Waals surface area (Å²) >= 11 is 1.98. The summed E-state index contributed by atoms with van der Waals surface area (Å²) in [5, 5.41) is 4.99. The summed E-state index contributed by atoms with van der Waals surface area (Å²) in [5.74, 6) is 1.40. The maximum atomic E-state index is 4.95. The van der Waals surface area contributed by atoms with E-state index in [4.69, 9.17) is 4.98 Å². The van der Waals surface area contributed by atoms with Gasteiger partial charge in [0.1, 0.15) is 0 Å². The fourth-order valence-electron chi connectivity index (χ4n) is 2.74. The predicted molar refractivity (Wildman–Crippen MR) is 84.1 cm³/mol. The van der Waals surface area contributed by atoms with Crippen LogP contribution in [0.1, 0.15) is 68.0 Å². The van der Waals surface area contributed by atoms with Crippen molar-refractivity contribution in [3.8, 4) is 0 Å². The zero-order valence-corrected chi connectivity index (χ0v) is 13.5. The number of aromatic nitrogens is 1. The van der Waals surface area contributed by atoms with Gasteiger partial charge in [0.05, 0.1) is 10.7 Å². The van der Waals surface area contributed by atoms with E-state index >= 15 is 0 Å². The average molecular weight is 280 g/mol. The van der Waals surface area contributed by atoms with Crippen molar-refractivity contribution in [3.63, 3.8) is 0 Å². The van der Waals surface area contributed by atoms with Gasteiger partial charge in [-0.2, -0.15) is 0 Å². The van der Waals surface area contributed by atoms with E-state index in [1.807, 2.05) is 11.3 Å². The van der Waals surface area contributed by atoms with E-state index in [0.29, 0.717) is 5.92 Å². The topological polar surface area (TPSA) is 24.9 Å². The van der Waals surface area contributed by atoms with Crippen LogP contribution in [0.2, 0.25) is 0 Å². The Morgan fingerprint density at radius 1 is 1.42 bits per heavy atom. The predicted octanol–water partition coefficient (Wildman–Crippen LogP) is 4.15. The average Bonchev–Trinajstić information content (AvgIpc) is 2.79. The third-order valence-corrected chi connectivity index (χ3v) is 4.99. The van der Waals surface area contributed by atoms with Crippen LogP contribution >= 0.6 is 11.3 Å². The molecular formula is C16H28N2S. The van der Waals surface area contributed by atoms with E-state index in [9.17, 15) is 0 Å². The molecule has 0 amide bonds. The Morgan fingerprint density at radius 2 is 2.26 bits per heavy atom. The van der Waals surface area contributed by atoms with Crippen LogP contribution in [0.25, 0.3) is 0 Å². The second kappa shape index (κ2) is 7.39. The highest BCUT2D eigenvalue weighted by molar-refractivity contribution is 7.11. The van der Waals surface area contributed by atoms with Crippen molar-refractivity contribution in [1.82, 2.24) is 10.3 Å². The molecule has 19 heavy (non-hydrogen) atoms. The van der Waals surface area contributed by atoms with Crippen LogP contribution in [-0.4, -0.2) is 18.1 Å². The normalized spacial score (nSPS) is 18.8. The van der Waals surface area contributed by atoms with Crippen LogP contribution in [0.3, 0.4) is 0 Å². The molecule has 0 aliphatic heterocycles. The summed E-state index contributed by atoms with van der Waals surface area (Å²) in [6.45, 7) is 9.03. The molecule has 1 aromatic heterocycles. The van der Waals surface area contributed by atoms with Crippen LogP contribution < -0.4 is 5.32 Å². The van der Waals surface area contributed by atoms with Gasteiger partial charge in [0.15, 0.2) is 0 Å². The summed E-state index contributed by atoms with van der Waals surface area (Å²) in [7, 11) is 0. The van der Waals surface area contributed by atoms with Gasteiger partial charge in [0.25, 0.3) is 0 Å². The fraction of sp³-hybridized carbons (Fsp3) is 0.812. The lowest BCUT2D eigenvalue weighted by atomic mass is 9.91. The zero-order chi connectivity index (χ0) is 13.7. The molecule has 1 heterocycles. The van der Waals surface area contributed by atoms with Crippen molar-refractivity contribution in [2.45, 2.75) is 65.2 Å². The van der Waals surface area contributed by atoms with Crippen molar-refractivity contribution in [1.29, 1.82) is 0 Å². The summed E-state index contributed by atoms with van der Waals surface area (Å²) < 4.78 is 0. The molecule has 1 aliphatic rings. The van der Waals surface area contributed by atoms with E-state index in [1.54, 1.807) is 4.88 Å². The molecule has 2 rings (SSSR count). The minimum absolute atomic E-state index is 0.661. The standard InChI is InChI=1S/C16H28N2S/c1-4-5-9-15-18-16-13(11-17-10-12(2)3)7-6-8-14(16)19-15/h12-13,17H,4-11H2,1-3H3. The van der Waals surface area contributed by atoms with Crippen molar-refractivity contribution >= 4 is 11.3 Å². The first kappa shape index (κ1) is 15.0. The molecule has 108 valence electrons. The minimum atomic E-state index is 0.661. The Hall–Kier alpha value is -0.410. The molecule has 0 spiro atoms. The van der Waals surface area contributed by atoms with E-state index < -0.39 is 0 Å². The van der Waals surface area contributed by atoms with Gasteiger partial charge in [-0.3, -0.25) is 0 Å². The molecule has 0 aromatic carbocycles. The Balaban J connectivity index is 1.95. The number of unbranched alkanes of at least 4 members (excludes halogenated alkanes) is 1. The molecule has 0 bridgehead atoms. The molecule has 1 atom stereocenters. The van der Waals surface area contributed by atoms with E-state index in [2.05, 4.69) is 26.1 Å². The van der Waals surface area contributed by atoms with Crippen LogP contribution in [0.15, 0.2) is 0 Å². The summed E-state index contributed by atoms with van der Waals surface area (Å²) in [5.41, 5.74) is 1.43. The SMILES string of the molecule is CCCCc1nc2c(s1)CCCC2CNCC(C)C. The molecule has 1 aliphatic carbocycles. The monoisotopic (exact) mass is 280 g/mol. The lowest BCUT2D eigenvalue weighted by Gasteiger charge is -2.22. The van der Waals surface area contributed by atoms with E-state index in [0.717, 1.165) is 19.0 Å². The van der Waals surface area contributed by atoms with E-state index in [-0.39, 0.29) is 0 Å². The number of nitrogens with one attached hydrogen (secondary N) is 1. The van der Waals surface area contributed by atoms with Gasteiger partial charge in [-0.15, -0.1) is 11.3 Å². The number of thiazole rings is 1. The van der Waals surface area contributed by atoms with Gasteiger partial charge < -0.3 is 5.32 Å². The maximum absolute atomic E-state index is 4.95. The Morgan fingerprint density at radius 3 is 3.00 bits per heavy atom. The molecule has 1 aromatic rings. The van der Waals surface area contributed by atoms with Crippen molar-refractivity contribution < 1.29 is 0 Å². The van der Waals surface area contributed by atoms with Crippen LogP contribution in [0.5, 0.6) is 0 Å². The van der Waals surface area contributed by atoms with E-state index in [1.165, 1.54) is 49.2 Å². The highest BCUT2D eigenvalue weighted by atomic mass is 32.1. The number of rotatable bonds is 7. The van der Waals surface area contributed by atoms with Gasteiger partial charge in [0, 0.05) is 17.3 Å². The van der Waals surface area contributed by atoms with Crippen LogP contribution in [0.4, 0.5) is 0 Å². The maximum Gasteiger partial charge on any atom is 0.0931 e. The quantitative estimate of drug-likeness (QED) is 0.811.